The third-order valence-corrected chi connectivity index (χ3v) is 5.18. The molecule has 1 saturated heterocycles. The van der Waals surface area contributed by atoms with Crippen LogP contribution in [0, 0.1) is 5.82 Å². The number of piperidine rings is 1. The van der Waals surface area contributed by atoms with E-state index >= 15 is 0 Å². The molecule has 0 bridgehead atoms. The highest BCUT2D eigenvalue weighted by atomic mass is 19.1. The van der Waals surface area contributed by atoms with Gasteiger partial charge in [0.1, 0.15) is 5.82 Å². The van der Waals surface area contributed by atoms with E-state index in [0.717, 1.165) is 41.6 Å². The number of fused-ring (bicyclic) bond motifs is 1. The molecule has 4 heteroatoms. The number of halogens is 1. The van der Waals surface area contributed by atoms with Crippen molar-refractivity contribution in [2.45, 2.75) is 38.3 Å². The van der Waals surface area contributed by atoms with Crippen LogP contribution in [0.3, 0.4) is 0 Å². The predicted molar refractivity (Wildman–Crippen MR) is 92.4 cm³/mol. The molecule has 0 saturated carbocycles. The van der Waals surface area contributed by atoms with Gasteiger partial charge < -0.3 is 10.6 Å². The maximum Gasteiger partial charge on any atom is 0.251 e. The molecule has 24 heavy (non-hydrogen) atoms. The van der Waals surface area contributed by atoms with E-state index in [-0.39, 0.29) is 11.7 Å². The molecule has 0 aromatic heterocycles. The van der Waals surface area contributed by atoms with Crippen LogP contribution in [0.1, 0.15) is 47.2 Å². The van der Waals surface area contributed by atoms with E-state index in [0.29, 0.717) is 18.5 Å². The van der Waals surface area contributed by atoms with Crippen LogP contribution in [-0.4, -0.2) is 18.5 Å². The van der Waals surface area contributed by atoms with Crippen molar-refractivity contribution in [1.29, 1.82) is 0 Å². The minimum absolute atomic E-state index is 0.0152. The Balaban J connectivity index is 1.84. The van der Waals surface area contributed by atoms with Gasteiger partial charge in [0, 0.05) is 18.2 Å². The zero-order valence-electron chi connectivity index (χ0n) is 13.7. The standard InChI is InChI=1S/C20H21FN2O/c1-12-8-14(6-7-22-12)17-9-15-11-23-20(24)19(15)10-18(17)13-2-4-16(21)5-3-13/h2-5,9-10,12,14,22H,6-8,11H2,1H3,(H,23,24). The Hall–Kier alpha value is -2.20. The number of rotatable bonds is 2. The second kappa shape index (κ2) is 6.02. The summed E-state index contributed by atoms with van der Waals surface area (Å²) in [6.07, 6.45) is 2.16. The predicted octanol–water partition coefficient (Wildman–Crippen LogP) is 3.59. The number of carbonyl (C=O) groups excluding carboxylic acids is 1. The Bertz CT molecular complexity index is 785. The van der Waals surface area contributed by atoms with Crippen LogP contribution in [0.2, 0.25) is 0 Å². The van der Waals surface area contributed by atoms with E-state index in [2.05, 4.69) is 23.6 Å². The Morgan fingerprint density at radius 2 is 1.92 bits per heavy atom. The quantitative estimate of drug-likeness (QED) is 0.886. The van der Waals surface area contributed by atoms with E-state index in [1.54, 1.807) is 12.1 Å². The van der Waals surface area contributed by atoms with Gasteiger partial charge in [-0.3, -0.25) is 4.79 Å². The highest BCUT2D eigenvalue weighted by molar-refractivity contribution is 5.99. The van der Waals surface area contributed by atoms with Crippen molar-refractivity contribution in [3.8, 4) is 11.1 Å². The first-order chi connectivity index (χ1) is 11.6. The molecule has 2 aliphatic rings. The molecular weight excluding hydrogens is 303 g/mol. The van der Waals surface area contributed by atoms with Gasteiger partial charge in [-0.1, -0.05) is 18.2 Å². The van der Waals surface area contributed by atoms with Crippen LogP contribution in [0.4, 0.5) is 4.39 Å². The van der Waals surface area contributed by atoms with E-state index in [1.807, 2.05) is 6.07 Å². The van der Waals surface area contributed by atoms with Crippen molar-refractivity contribution < 1.29 is 9.18 Å². The SMILES string of the molecule is CC1CC(c2cc3c(cc2-c2ccc(F)cc2)C(=O)NC3)CCN1. The Morgan fingerprint density at radius 1 is 1.12 bits per heavy atom. The molecule has 4 rings (SSSR count). The molecule has 2 aromatic carbocycles. The molecule has 2 N–H and O–H groups in total. The molecule has 2 atom stereocenters. The van der Waals surface area contributed by atoms with Crippen molar-refractivity contribution in [3.63, 3.8) is 0 Å². The van der Waals surface area contributed by atoms with Gasteiger partial charge in [0.05, 0.1) is 0 Å². The summed E-state index contributed by atoms with van der Waals surface area (Å²) in [5.74, 6) is 0.204. The summed E-state index contributed by atoms with van der Waals surface area (Å²) in [7, 11) is 0. The summed E-state index contributed by atoms with van der Waals surface area (Å²) in [6, 6.07) is 11.2. The van der Waals surface area contributed by atoms with Gasteiger partial charge >= 0.3 is 0 Å². The highest BCUT2D eigenvalue weighted by Gasteiger charge is 2.27. The molecule has 0 aliphatic carbocycles. The van der Waals surface area contributed by atoms with E-state index in [4.69, 9.17) is 0 Å². The summed E-state index contributed by atoms with van der Waals surface area (Å²) >= 11 is 0. The number of hydrogen-bond acceptors (Lipinski definition) is 2. The normalized spacial score (nSPS) is 23.0. The zero-order valence-corrected chi connectivity index (χ0v) is 13.7. The van der Waals surface area contributed by atoms with Crippen molar-refractivity contribution >= 4 is 5.91 Å². The highest BCUT2D eigenvalue weighted by Crippen LogP contribution is 2.38. The average Bonchev–Trinajstić information content (AvgIpc) is 2.95. The number of hydrogen-bond donors (Lipinski definition) is 2. The fourth-order valence-corrected chi connectivity index (χ4v) is 3.92. The van der Waals surface area contributed by atoms with Crippen LogP contribution in [-0.2, 0) is 6.54 Å². The molecule has 2 heterocycles. The summed E-state index contributed by atoms with van der Waals surface area (Å²) < 4.78 is 13.3. The third kappa shape index (κ3) is 2.71. The lowest BCUT2D eigenvalue weighted by atomic mass is 9.81. The summed E-state index contributed by atoms with van der Waals surface area (Å²) in [6.45, 7) is 3.82. The molecular formula is C20H21FN2O. The Labute approximate surface area is 141 Å². The van der Waals surface area contributed by atoms with Gasteiger partial charge in [-0.05, 0) is 72.7 Å². The molecule has 0 spiro atoms. The Kier molecular flexibility index (Phi) is 3.85. The number of amides is 1. The second-order valence-corrected chi connectivity index (χ2v) is 6.86. The molecule has 1 fully saturated rings. The largest absolute Gasteiger partial charge is 0.348 e. The van der Waals surface area contributed by atoms with Crippen molar-refractivity contribution in [3.05, 3.63) is 58.9 Å². The maximum atomic E-state index is 13.3. The van der Waals surface area contributed by atoms with Crippen LogP contribution < -0.4 is 10.6 Å². The minimum atomic E-state index is -0.241. The van der Waals surface area contributed by atoms with Gasteiger partial charge in [0.15, 0.2) is 0 Å². The maximum absolute atomic E-state index is 13.3. The molecule has 2 aliphatic heterocycles. The third-order valence-electron chi connectivity index (χ3n) is 5.18. The van der Waals surface area contributed by atoms with Crippen molar-refractivity contribution in [2.24, 2.45) is 0 Å². The van der Waals surface area contributed by atoms with Crippen molar-refractivity contribution in [2.75, 3.05) is 6.54 Å². The average molecular weight is 324 g/mol. The van der Waals surface area contributed by atoms with Crippen LogP contribution in [0.25, 0.3) is 11.1 Å². The molecule has 2 unspecified atom stereocenters. The van der Waals surface area contributed by atoms with Crippen molar-refractivity contribution in [1.82, 2.24) is 10.6 Å². The van der Waals surface area contributed by atoms with Gasteiger partial charge in [-0.25, -0.2) is 4.39 Å². The van der Waals surface area contributed by atoms with Gasteiger partial charge in [-0.2, -0.15) is 0 Å². The summed E-state index contributed by atoms with van der Waals surface area (Å²) in [4.78, 5) is 12.1. The summed E-state index contributed by atoms with van der Waals surface area (Å²) in [5, 5.41) is 6.39. The number of carbonyl (C=O) groups is 1. The van der Waals surface area contributed by atoms with Gasteiger partial charge in [0.2, 0.25) is 0 Å². The molecule has 1 amide bonds. The Morgan fingerprint density at radius 3 is 2.67 bits per heavy atom. The lowest BCUT2D eigenvalue weighted by Crippen LogP contribution is -2.35. The number of benzene rings is 2. The van der Waals surface area contributed by atoms with Gasteiger partial charge in [0.25, 0.3) is 5.91 Å². The smallest absolute Gasteiger partial charge is 0.251 e. The van der Waals surface area contributed by atoms with E-state index in [1.165, 1.54) is 17.7 Å². The minimum Gasteiger partial charge on any atom is -0.348 e. The van der Waals surface area contributed by atoms with Crippen LogP contribution in [0.15, 0.2) is 36.4 Å². The van der Waals surface area contributed by atoms with E-state index < -0.39 is 0 Å². The van der Waals surface area contributed by atoms with Crippen LogP contribution >= 0.6 is 0 Å². The fourth-order valence-electron chi connectivity index (χ4n) is 3.92. The monoisotopic (exact) mass is 324 g/mol. The lowest BCUT2D eigenvalue weighted by molar-refractivity contribution is 0.0966. The lowest BCUT2D eigenvalue weighted by Gasteiger charge is -2.30. The summed E-state index contributed by atoms with van der Waals surface area (Å²) in [5.41, 5.74) is 5.14. The second-order valence-electron chi connectivity index (χ2n) is 6.86. The first-order valence-corrected chi connectivity index (χ1v) is 8.56. The first-order valence-electron chi connectivity index (χ1n) is 8.56. The fraction of sp³-hybridized carbons (Fsp3) is 0.350. The van der Waals surface area contributed by atoms with E-state index in [9.17, 15) is 9.18 Å². The van der Waals surface area contributed by atoms with Gasteiger partial charge in [-0.15, -0.1) is 0 Å². The topological polar surface area (TPSA) is 41.1 Å². The molecule has 3 nitrogen and oxygen atoms in total. The first kappa shape index (κ1) is 15.3. The zero-order chi connectivity index (χ0) is 16.7. The molecule has 124 valence electrons. The molecule has 0 radical (unpaired) electrons. The number of nitrogens with one attached hydrogen (secondary N) is 2. The molecule has 2 aromatic rings. The van der Waals surface area contributed by atoms with Crippen LogP contribution in [0.5, 0.6) is 0 Å².